The summed E-state index contributed by atoms with van der Waals surface area (Å²) in [6.07, 6.45) is 4.11. The Balaban J connectivity index is 4.00. The van der Waals surface area contributed by atoms with Crippen molar-refractivity contribution in [1.29, 1.82) is 0 Å². The number of carboxylic acid groups (broad SMARTS) is 1. The van der Waals surface area contributed by atoms with Crippen LogP contribution in [-0.2, 0) is 4.79 Å². The lowest BCUT2D eigenvalue weighted by atomic mass is 10.4. The highest BCUT2D eigenvalue weighted by molar-refractivity contribution is 6.32. The standard InChI is InChI=1S/C6H7ClO2/c1-2-3-5(7)4-6(8)9/h2-4H,1H3,(H,8,9)/b3-2+,5-4-. The molecule has 0 fully saturated rings. The number of hydrogen-bond donors (Lipinski definition) is 1. The molecule has 0 aromatic rings. The fourth-order valence-corrected chi connectivity index (χ4v) is 0.545. The Hall–Kier alpha value is -0.760. The maximum atomic E-state index is 9.89. The normalized spacial score (nSPS) is 12.4. The van der Waals surface area contributed by atoms with Gasteiger partial charge in [-0.05, 0) is 13.0 Å². The molecule has 0 amide bonds. The van der Waals surface area contributed by atoms with Crippen molar-refractivity contribution in [3.8, 4) is 0 Å². The minimum Gasteiger partial charge on any atom is -0.478 e. The zero-order chi connectivity index (χ0) is 7.28. The molecule has 50 valence electrons. The van der Waals surface area contributed by atoms with Crippen LogP contribution >= 0.6 is 11.6 Å². The number of hydrogen-bond acceptors (Lipinski definition) is 1. The van der Waals surface area contributed by atoms with Crippen LogP contribution in [0, 0.1) is 0 Å². The summed E-state index contributed by atoms with van der Waals surface area (Å²) < 4.78 is 0. The van der Waals surface area contributed by atoms with E-state index in [0.29, 0.717) is 0 Å². The SMILES string of the molecule is C/C=C/C(Cl)=C/C(=O)O. The van der Waals surface area contributed by atoms with Gasteiger partial charge in [-0.15, -0.1) is 0 Å². The van der Waals surface area contributed by atoms with Crippen LogP contribution in [0.2, 0.25) is 0 Å². The molecule has 0 bridgehead atoms. The Morgan fingerprint density at radius 3 is 2.56 bits per heavy atom. The van der Waals surface area contributed by atoms with Crippen molar-refractivity contribution in [2.45, 2.75) is 6.92 Å². The number of allylic oxidation sites excluding steroid dienone is 3. The number of carbonyl (C=O) groups is 1. The van der Waals surface area contributed by atoms with E-state index in [-0.39, 0.29) is 5.03 Å². The monoisotopic (exact) mass is 146 g/mol. The molecule has 2 nitrogen and oxygen atoms in total. The zero-order valence-electron chi connectivity index (χ0n) is 4.97. The fraction of sp³-hybridized carbons (Fsp3) is 0.167. The zero-order valence-corrected chi connectivity index (χ0v) is 5.72. The van der Waals surface area contributed by atoms with E-state index in [1.807, 2.05) is 0 Å². The molecule has 0 aromatic heterocycles. The van der Waals surface area contributed by atoms with Crippen molar-refractivity contribution in [3.63, 3.8) is 0 Å². The van der Waals surface area contributed by atoms with Gasteiger partial charge in [-0.25, -0.2) is 4.79 Å². The second kappa shape index (κ2) is 4.15. The average molecular weight is 147 g/mol. The molecular weight excluding hydrogens is 140 g/mol. The van der Waals surface area contributed by atoms with E-state index in [1.165, 1.54) is 6.08 Å². The summed E-state index contributed by atoms with van der Waals surface area (Å²) in [5.41, 5.74) is 0. The number of carboxylic acids is 1. The van der Waals surface area contributed by atoms with Crippen LogP contribution in [-0.4, -0.2) is 11.1 Å². The van der Waals surface area contributed by atoms with E-state index < -0.39 is 5.97 Å². The van der Waals surface area contributed by atoms with Gasteiger partial charge in [-0.1, -0.05) is 17.7 Å². The lowest BCUT2D eigenvalue weighted by Crippen LogP contribution is -1.86. The van der Waals surface area contributed by atoms with Crippen molar-refractivity contribution in [1.82, 2.24) is 0 Å². The average Bonchev–Trinajstić information content (AvgIpc) is 1.63. The third-order valence-corrected chi connectivity index (χ3v) is 0.822. The second-order valence-corrected chi connectivity index (χ2v) is 1.80. The summed E-state index contributed by atoms with van der Waals surface area (Å²) in [7, 11) is 0. The van der Waals surface area contributed by atoms with Gasteiger partial charge in [0.1, 0.15) is 0 Å². The first-order chi connectivity index (χ1) is 4.16. The second-order valence-electron chi connectivity index (χ2n) is 1.37. The highest BCUT2D eigenvalue weighted by Crippen LogP contribution is 2.01. The Morgan fingerprint density at radius 2 is 2.22 bits per heavy atom. The van der Waals surface area contributed by atoms with Gasteiger partial charge in [0.25, 0.3) is 0 Å². The van der Waals surface area contributed by atoms with Crippen molar-refractivity contribution < 1.29 is 9.90 Å². The summed E-state index contributed by atoms with van der Waals surface area (Å²) in [6, 6.07) is 0. The number of aliphatic carboxylic acids is 1. The molecule has 0 rings (SSSR count). The maximum absolute atomic E-state index is 9.89. The third kappa shape index (κ3) is 5.11. The van der Waals surface area contributed by atoms with Gasteiger partial charge in [-0.2, -0.15) is 0 Å². The van der Waals surface area contributed by atoms with Crippen LogP contribution in [0.1, 0.15) is 6.92 Å². The highest BCUT2D eigenvalue weighted by atomic mass is 35.5. The van der Waals surface area contributed by atoms with Gasteiger partial charge < -0.3 is 5.11 Å². The molecule has 3 heteroatoms. The summed E-state index contributed by atoms with van der Waals surface area (Å²) in [5, 5.41) is 8.34. The van der Waals surface area contributed by atoms with Crippen molar-refractivity contribution in [3.05, 3.63) is 23.3 Å². The summed E-state index contributed by atoms with van der Waals surface area (Å²) in [6.45, 7) is 1.76. The number of rotatable bonds is 2. The van der Waals surface area contributed by atoms with Crippen molar-refractivity contribution >= 4 is 17.6 Å². The third-order valence-electron chi connectivity index (χ3n) is 0.587. The summed E-state index contributed by atoms with van der Waals surface area (Å²) in [5.74, 6) is -1.03. The molecule has 0 unspecified atom stereocenters. The van der Waals surface area contributed by atoms with Gasteiger partial charge in [0.15, 0.2) is 0 Å². The van der Waals surface area contributed by atoms with E-state index in [2.05, 4.69) is 0 Å². The summed E-state index contributed by atoms with van der Waals surface area (Å²) in [4.78, 5) is 9.89. The molecule has 0 heterocycles. The van der Waals surface area contributed by atoms with Gasteiger partial charge in [-0.3, -0.25) is 0 Å². The Bertz CT molecular complexity index is 158. The smallest absolute Gasteiger partial charge is 0.329 e. The maximum Gasteiger partial charge on any atom is 0.329 e. The molecule has 0 saturated carbocycles. The van der Waals surface area contributed by atoms with E-state index in [4.69, 9.17) is 16.7 Å². The largest absolute Gasteiger partial charge is 0.478 e. The highest BCUT2D eigenvalue weighted by Gasteiger charge is 1.89. The predicted molar refractivity (Wildman–Crippen MR) is 36.4 cm³/mol. The van der Waals surface area contributed by atoms with Crippen molar-refractivity contribution in [2.75, 3.05) is 0 Å². The van der Waals surface area contributed by atoms with Crippen LogP contribution in [0.3, 0.4) is 0 Å². The Morgan fingerprint density at radius 1 is 1.67 bits per heavy atom. The molecule has 0 radical (unpaired) electrons. The van der Waals surface area contributed by atoms with Gasteiger partial charge in [0, 0.05) is 11.1 Å². The minimum absolute atomic E-state index is 0.227. The first-order valence-corrected chi connectivity index (χ1v) is 2.77. The van der Waals surface area contributed by atoms with E-state index >= 15 is 0 Å². The van der Waals surface area contributed by atoms with Crippen LogP contribution in [0.25, 0.3) is 0 Å². The van der Waals surface area contributed by atoms with E-state index in [9.17, 15) is 4.79 Å². The van der Waals surface area contributed by atoms with Gasteiger partial charge in [0.2, 0.25) is 0 Å². The molecule has 0 aliphatic carbocycles. The van der Waals surface area contributed by atoms with Gasteiger partial charge in [0.05, 0.1) is 0 Å². The van der Waals surface area contributed by atoms with E-state index in [0.717, 1.165) is 6.08 Å². The first-order valence-electron chi connectivity index (χ1n) is 2.39. The van der Waals surface area contributed by atoms with Crippen molar-refractivity contribution in [2.24, 2.45) is 0 Å². The molecule has 0 saturated heterocycles. The lowest BCUT2D eigenvalue weighted by Gasteiger charge is -1.81. The molecule has 0 aliphatic heterocycles. The van der Waals surface area contributed by atoms with Crippen LogP contribution in [0.15, 0.2) is 23.3 Å². The molecule has 0 aromatic carbocycles. The molecule has 0 atom stereocenters. The molecular formula is C6H7ClO2. The molecule has 9 heavy (non-hydrogen) atoms. The topological polar surface area (TPSA) is 37.3 Å². The molecule has 1 N–H and O–H groups in total. The lowest BCUT2D eigenvalue weighted by molar-refractivity contribution is -0.131. The molecule has 0 spiro atoms. The van der Waals surface area contributed by atoms with Crippen LogP contribution in [0.4, 0.5) is 0 Å². The summed E-state index contributed by atoms with van der Waals surface area (Å²) >= 11 is 5.37. The van der Waals surface area contributed by atoms with Gasteiger partial charge >= 0.3 is 5.97 Å². The van der Waals surface area contributed by atoms with Crippen LogP contribution in [0.5, 0.6) is 0 Å². The van der Waals surface area contributed by atoms with E-state index in [1.54, 1.807) is 13.0 Å². The Kier molecular flexibility index (Phi) is 3.80. The number of halogens is 1. The first kappa shape index (κ1) is 8.24. The molecule has 0 aliphatic rings. The fourth-order valence-electron chi connectivity index (χ4n) is 0.325. The minimum atomic E-state index is -1.03. The predicted octanol–water partition coefficient (Wildman–Crippen LogP) is 1.77. The van der Waals surface area contributed by atoms with Crippen LogP contribution < -0.4 is 0 Å². The Labute approximate surface area is 58.4 Å². The quantitative estimate of drug-likeness (QED) is 0.476.